The third-order valence-corrected chi connectivity index (χ3v) is 3.65. The Morgan fingerprint density at radius 3 is 3.00 bits per heavy atom. The zero-order valence-corrected chi connectivity index (χ0v) is 11.2. The monoisotopic (exact) mass is 264 g/mol. The van der Waals surface area contributed by atoms with Gasteiger partial charge in [0, 0.05) is 19.3 Å². The second-order valence-corrected chi connectivity index (χ2v) is 5.43. The standard InChI is InChI=1S/C14H20N2O3/c1-14(19)5-3-8-16(9-6-14)10-12-11(13(17)18)4-2-7-15-12/h2,4,7,19H,3,5-6,8-10H2,1H3,(H,17,18). The fourth-order valence-corrected chi connectivity index (χ4v) is 2.45. The van der Waals surface area contributed by atoms with E-state index in [9.17, 15) is 9.90 Å². The number of hydrogen-bond donors (Lipinski definition) is 2. The van der Waals surface area contributed by atoms with Gasteiger partial charge in [-0.1, -0.05) is 0 Å². The SMILES string of the molecule is CC1(O)CCCN(Cc2ncccc2C(=O)O)CC1. The van der Waals surface area contributed by atoms with Crippen LogP contribution in [0, 0.1) is 0 Å². The van der Waals surface area contributed by atoms with E-state index in [4.69, 9.17) is 5.11 Å². The number of pyridine rings is 1. The molecule has 1 saturated heterocycles. The quantitative estimate of drug-likeness (QED) is 0.865. The Bertz CT molecular complexity index is 460. The molecule has 0 radical (unpaired) electrons. The van der Waals surface area contributed by atoms with E-state index in [0.29, 0.717) is 18.7 Å². The summed E-state index contributed by atoms with van der Waals surface area (Å²) in [5, 5.41) is 19.2. The van der Waals surface area contributed by atoms with E-state index < -0.39 is 11.6 Å². The van der Waals surface area contributed by atoms with Gasteiger partial charge in [-0.15, -0.1) is 0 Å². The molecule has 1 atom stereocenters. The Labute approximate surface area is 112 Å². The third-order valence-electron chi connectivity index (χ3n) is 3.65. The van der Waals surface area contributed by atoms with Crippen molar-refractivity contribution >= 4 is 5.97 Å². The average molecular weight is 264 g/mol. The van der Waals surface area contributed by atoms with Gasteiger partial charge >= 0.3 is 5.97 Å². The molecule has 104 valence electrons. The Morgan fingerprint density at radius 1 is 1.47 bits per heavy atom. The smallest absolute Gasteiger partial charge is 0.337 e. The number of likely N-dealkylation sites (tertiary alicyclic amines) is 1. The summed E-state index contributed by atoms with van der Waals surface area (Å²) in [6.45, 7) is 4.02. The number of carboxylic acid groups (broad SMARTS) is 1. The van der Waals surface area contributed by atoms with E-state index in [1.165, 1.54) is 0 Å². The van der Waals surface area contributed by atoms with Crippen LogP contribution in [0.15, 0.2) is 18.3 Å². The van der Waals surface area contributed by atoms with Gasteiger partial charge in [0.25, 0.3) is 0 Å². The molecular formula is C14H20N2O3. The van der Waals surface area contributed by atoms with Crippen LogP contribution < -0.4 is 0 Å². The lowest BCUT2D eigenvalue weighted by Gasteiger charge is -2.22. The van der Waals surface area contributed by atoms with Crippen molar-refractivity contribution in [2.75, 3.05) is 13.1 Å². The van der Waals surface area contributed by atoms with Crippen LogP contribution >= 0.6 is 0 Å². The molecule has 19 heavy (non-hydrogen) atoms. The molecule has 0 amide bonds. The second kappa shape index (κ2) is 5.67. The second-order valence-electron chi connectivity index (χ2n) is 5.43. The number of carboxylic acids is 1. The first-order valence-electron chi connectivity index (χ1n) is 6.60. The van der Waals surface area contributed by atoms with E-state index in [2.05, 4.69) is 9.88 Å². The maximum Gasteiger partial charge on any atom is 0.337 e. The lowest BCUT2D eigenvalue weighted by atomic mass is 9.98. The number of hydrogen-bond acceptors (Lipinski definition) is 4. The van der Waals surface area contributed by atoms with E-state index >= 15 is 0 Å². The van der Waals surface area contributed by atoms with Crippen LogP contribution in [0.1, 0.15) is 42.2 Å². The number of aromatic nitrogens is 1. The van der Waals surface area contributed by atoms with E-state index in [-0.39, 0.29) is 5.56 Å². The highest BCUT2D eigenvalue weighted by molar-refractivity contribution is 5.88. The molecule has 0 spiro atoms. The predicted molar refractivity (Wildman–Crippen MR) is 70.9 cm³/mol. The number of aromatic carboxylic acids is 1. The van der Waals surface area contributed by atoms with Crippen LogP contribution in [0.5, 0.6) is 0 Å². The molecule has 0 aromatic carbocycles. The topological polar surface area (TPSA) is 73.7 Å². The van der Waals surface area contributed by atoms with Crippen LogP contribution in [-0.4, -0.2) is 44.8 Å². The molecule has 5 heteroatoms. The van der Waals surface area contributed by atoms with Crippen LogP contribution in [-0.2, 0) is 6.54 Å². The van der Waals surface area contributed by atoms with Crippen molar-refractivity contribution in [3.8, 4) is 0 Å². The molecular weight excluding hydrogens is 244 g/mol. The van der Waals surface area contributed by atoms with E-state index in [1.807, 2.05) is 6.92 Å². The summed E-state index contributed by atoms with van der Waals surface area (Å²) in [7, 11) is 0. The maximum atomic E-state index is 11.1. The largest absolute Gasteiger partial charge is 0.478 e. The molecule has 1 aliphatic rings. The third kappa shape index (κ3) is 3.75. The van der Waals surface area contributed by atoms with Crippen molar-refractivity contribution in [2.45, 2.75) is 38.3 Å². The Kier molecular flexibility index (Phi) is 4.17. The summed E-state index contributed by atoms with van der Waals surface area (Å²) >= 11 is 0. The maximum absolute atomic E-state index is 11.1. The normalized spacial score (nSPS) is 24.9. The molecule has 2 heterocycles. The highest BCUT2D eigenvalue weighted by Gasteiger charge is 2.25. The molecule has 0 aliphatic carbocycles. The molecule has 1 aliphatic heterocycles. The van der Waals surface area contributed by atoms with Gasteiger partial charge in [-0.2, -0.15) is 0 Å². The van der Waals surface area contributed by atoms with Crippen molar-refractivity contribution in [2.24, 2.45) is 0 Å². The molecule has 5 nitrogen and oxygen atoms in total. The fourth-order valence-electron chi connectivity index (χ4n) is 2.45. The zero-order valence-electron chi connectivity index (χ0n) is 11.2. The summed E-state index contributed by atoms with van der Waals surface area (Å²) in [5.74, 6) is -0.940. The van der Waals surface area contributed by atoms with Gasteiger partial charge in [0.05, 0.1) is 16.9 Å². The van der Waals surface area contributed by atoms with Gasteiger partial charge < -0.3 is 10.2 Å². The van der Waals surface area contributed by atoms with Crippen molar-refractivity contribution in [1.29, 1.82) is 0 Å². The van der Waals surface area contributed by atoms with Crippen molar-refractivity contribution in [1.82, 2.24) is 9.88 Å². The van der Waals surface area contributed by atoms with Crippen LogP contribution in [0.25, 0.3) is 0 Å². The first-order chi connectivity index (χ1) is 8.98. The lowest BCUT2D eigenvalue weighted by Crippen LogP contribution is -2.29. The van der Waals surface area contributed by atoms with Crippen molar-refractivity contribution in [3.05, 3.63) is 29.6 Å². The first kappa shape index (κ1) is 14.0. The Morgan fingerprint density at radius 2 is 2.26 bits per heavy atom. The van der Waals surface area contributed by atoms with Gasteiger partial charge in [0.1, 0.15) is 0 Å². The zero-order chi connectivity index (χ0) is 13.9. The Balaban J connectivity index is 2.07. The molecule has 0 saturated carbocycles. The minimum atomic E-state index is -0.940. The minimum absolute atomic E-state index is 0.263. The number of carbonyl (C=O) groups is 1. The van der Waals surface area contributed by atoms with Crippen LogP contribution in [0.4, 0.5) is 0 Å². The summed E-state index contributed by atoms with van der Waals surface area (Å²) in [5.41, 5.74) is 0.254. The summed E-state index contributed by atoms with van der Waals surface area (Å²) < 4.78 is 0. The van der Waals surface area contributed by atoms with Gasteiger partial charge in [0.2, 0.25) is 0 Å². The average Bonchev–Trinajstić information content (AvgIpc) is 2.51. The number of nitrogens with zero attached hydrogens (tertiary/aromatic N) is 2. The molecule has 1 aromatic rings. The highest BCUT2D eigenvalue weighted by Crippen LogP contribution is 2.22. The van der Waals surface area contributed by atoms with Gasteiger partial charge in [0.15, 0.2) is 0 Å². The van der Waals surface area contributed by atoms with Gasteiger partial charge in [-0.25, -0.2) is 4.79 Å². The molecule has 2 rings (SSSR count). The summed E-state index contributed by atoms with van der Waals surface area (Å²) in [4.78, 5) is 17.5. The van der Waals surface area contributed by atoms with Crippen LogP contribution in [0.3, 0.4) is 0 Å². The molecule has 0 bridgehead atoms. The Hall–Kier alpha value is -1.46. The molecule has 1 unspecified atom stereocenters. The molecule has 1 aromatic heterocycles. The number of rotatable bonds is 3. The number of aliphatic hydroxyl groups is 1. The molecule has 1 fully saturated rings. The summed E-state index contributed by atoms with van der Waals surface area (Å²) in [6, 6.07) is 3.22. The van der Waals surface area contributed by atoms with Crippen LogP contribution in [0.2, 0.25) is 0 Å². The fraction of sp³-hybridized carbons (Fsp3) is 0.571. The summed E-state index contributed by atoms with van der Waals surface area (Å²) in [6.07, 6.45) is 4.04. The van der Waals surface area contributed by atoms with Crippen molar-refractivity contribution in [3.63, 3.8) is 0 Å². The lowest BCUT2D eigenvalue weighted by molar-refractivity contribution is 0.0443. The predicted octanol–water partition coefficient (Wildman–Crippen LogP) is 1.52. The van der Waals surface area contributed by atoms with Crippen molar-refractivity contribution < 1.29 is 15.0 Å². The van der Waals surface area contributed by atoms with Gasteiger partial charge in [-0.3, -0.25) is 9.88 Å². The van der Waals surface area contributed by atoms with E-state index in [1.54, 1.807) is 18.3 Å². The first-order valence-corrected chi connectivity index (χ1v) is 6.60. The molecule has 2 N–H and O–H groups in total. The van der Waals surface area contributed by atoms with Gasteiger partial charge in [-0.05, 0) is 44.9 Å². The minimum Gasteiger partial charge on any atom is -0.478 e. The van der Waals surface area contributed by atoms with E-state index in [0.717, 1.165) is 25.9 Å². The highest BCUT2D eigenvalue weighted by atomic mass is 16.4.